The van der Waals surface area contributed by atoms with Gasteiger partial charge >= 0.3 is 5.97 Å². The third-order valence-electron chi connectivity index (χ3n) is 3.08. The first kappa shape index (κ1) is 12.5. The molecule has 1 saturated carbocycles. The standard InChI is InChI=1S/C13H13FO4/c14-9-4-5-11(18-7-8-2-1-3-8)10(6-9)12(15)13(16)17/h4-6,8H,1-3,7H2,(H,16,17). The van der Waals surface area contributed by atoms with Gasteiger partial charge in [0.05, 0.1) is 12.2 Å². The maximum absolute atomic E-state index is 13.0. The van der Waals surface area contributed by atoms with Gasteiger partial charge in [-0.05, 0) is 37.0 Å². The van der Waals surface area contributed by atoms with Crippen molar-refractivity contribution in [2.45, 2.75) is 19.3 Å². The van der Waals surface area contributed by atoms with Gasteiger partial charge in [0.2, 0.25) is 0 Å². The number of ether oxygens (including phenoxy) is 1. The van der Waals surface area contributed by atoms with E-state index in [1.165, 1.54) is 12.5 Å². The molecule has 0 bridgehead atoms. The smallest absolute Gasteiger partial charge is 0.377 e. The Morgan fingerprint density at radius 2 is 2.11 bits per heavy atom. The molecule has 1 aliphatic carbocycles. The number of Topliss-reactive ketones (excluding diaryl/α,β-unsaturated/α-hetero) is 1. The van der Waals surface area contributed by atoms with Crippen molar-refractivity contribution in [2.75, 3.05) is 6.61 Å². The second-order valence-corrected chi connectivity index (χ2v) is 4.38. The molecule has 18 heavy (non-hydrogen) atoms. The van der Waals surface area contributed by atoms with Crippen LogP contribution in [0.15, 0.2) is 18.2 Å². The maximum atomic E-state index is 13.0. The van der Waals surface area contributed by atoms with Crippen LogP contribution in [0.4, 0.5) is 4.39 Å². The molecule has 2 rings (SSSR count). The van der Waals surface area contributed by atoms with E-state index in [2.05, 4.69) is 0 Å². The first-order valence-corrected chi connectivity index (χ1v) is 5.78. The predicted molar refractivity (Wildman–Crippen MR) is 61.2 cm³/mol. The Hall–Kier alpha value is -1.91. The third kappa shape index (κ3) is 2.67. The average Bonchev–Trinajstić information content (AvgIpc) is 2.27. The number of halogens is 1. The van der Waals surface area contributed by atoms with Crippen LogP contribution >= 0.6 is 0 Å². The first-order chi connectivity index (χ1) is 8.58. The molecular weight excluding hydrogens is 239 g/mol. The molecule has 0 aromatic heterocycles. The van der Waals surface area contributed by atoms with Gasteiger partial charge < -0.3 is 9.84 Å². The van der Waals surface area contributed by atoms with E-state index in [9.17, 15) is 14.0 Å². The van der Waals surface area contributed by atoms with Crippen LogP contribution in [-0.2, 0) is 4.79 Å². The van der Waals surface area contributed by atoms with Crippen molar-refractivity contribution in [1.29, 1.82) is 0 Å². The summed E-state index contributed by atoms with van der Waals surface area (Å²) in [6, 6.07) is 3.34. The zero-order valence-electron chi connectivity index (χ0n) is 9.69. The van der Waals surface area contributed by atoms with Crippen molar-refractivity contribution in [3.8, 4) is 5.75 Å². The SMILES string of the molecule is O=C(O)C(=O)c1cc(F)ccc1OCC1CCC1. The zero-order chi connectivity index (χ0) is 13.1. The second-order valence-electron chi connectivity index (χ2n) is 4.38. The number of rotatable bonds is 5. The summed E-state index contributed by atoms with van der Waals surface area (Å²) in [6.45, 7) is 0.436. The number of carboxylic acids is 1. The van der Waals surface area contributed by atoms with E-state index >= 15 is 0 Å². The highest BCUT2D eigenvalue weighted by Gasteiger charge is 2.22. The van der Waals surface area contributed by atoms with Gasteiger partial charge in [0, 0.05) is 0 Å². The van der Waals surface area contributed by atoms with Crippen LogP contribution in [0.5, 0.6) is 5.75 Å². The molecule has 0 heterocycles. The van der Waals surface area contributed by atoms with Gasteiger partial charge in [0.15, 0.2) is 0 Å². The molecule has 0 radical (unpaired) electrons. The first-order valence-electron chi connectivity index (χ1n) is 5.78. The predicted octanol–water partition coefficient (Wildman–Crippen LogP) is 2.27. The van der Waals surface area contributed by atoms with Crippen LogP contribution in [0.1, 0.15) is 29.6 Å². The molecule has 0 amide bonds. The lowest BCUT2D eigenvalue weighted by Gasteiger charge is -2.25. The highest BCUT2D eigenvalue weighted by atomic mass is 19.1. The van der Waals surface area contributed by atoms with Gasteiger partial charge in [0.1, 0.15) is 11.6 Å². The number of hydrogen-bond donors (Lipinski definition) is 1. The number of carbonyl (C=O) groups is 2. The van der Waals surface area contributed by atoms with Crippen molar-refractivity contribution >= 4 is 11.8 Å². The fourth-order valence-electron chi connectivity index (χ4n) is 1.79. The minimum atomic E-state index is -1.62. The van der Waals surface area contributed by atoms with Crippen LogP contribution in [0.25, 0.3) is 0 Å². The summed E-state index contributed by atoms with van der Waals surface area (Å²) in [5.41, 5.74) is -0.234. The molecule has 4 nitrogen and oxygen atoms in total. The molecule has 0 spiro atoms. The fourth-order valence-corrected chi connectivity index (χ4v) is 1.79. The summed E-state index contributed by atoms with van der Waals surface area (Å²) in [7, 11) is 0. The molecular formula is C13H13FO4. The van der Waals surface area contributed by atoms with Crippen molar-refractivity contribution in [2.24, 2.45) is 5.92 Å². The minimum Gasteiger partial charge on any atom is -0.493 e. The number of carboxylic acid groups (broad SMARTS) is 1. The Labute approximate surface area is 103 Å². The normalized spacial score (nSPS) is 14.9. The summed E-state index contributed by atoms with van der Waals surface area (Å²) < 4.78 is 18.5. The molecule has 96 valence electrons. The summed E-state index contributed by atoms with van der Waals surface area (Å²) in [5, 5.41) is 8.66. The molecule has 0 atom stereocenters. The number of benzene rings is 1. The Kier molecular flexibility index (Phi) is 3.60. The Bertz CT molecular complexity index is 480. The number of aliphatic carboxylic acids is 1. The maximum Gasteiger partial charge on any atom is 0.377 e. The Morgan fingerprint density at radius 1 is 1.39 bits per heavy atom. The van der Waals surface area contributed by atoms with E-state index in [1.54, 1.807) is 0 Å². The van der Waals surface area contributed by atoms with Crippen LogP contribution in [0.2, 0.25) is 0 Å². The van der Waals surface area contributed by atoms with Crippen molar-refractivity contribution in [1.82, 2.24) is 0 Å². The largest absolute Gasteiger partial charge is 0.493 e. The lowest BCUT2D eigenvalue weighted by Crippen LogP contribution is -2.21. The van der Waals surface area contributed by atoms with Crippen molar-refractivity contribution in [3.63, 3.8) is 0 Å². The van der Waals surface area contributed by atoms with E-state index in [1.807, 2.05) is 0 Å². The van der Waals surface area contributed by atoms with Crippen LogP contribution in [0, 0.1) is 11.7 Å². The number of hydrogen-bond acceptors (Lipinski definition) is 3. The van der Waals surface area contributed by atoms with Gasteiger partial charge in [0.25, 0.3) is 5.78 Å². The highest BCUT2D eigenvalue weighted by molar-refractivity contribution is 6.40. The third-order valence-corrected chi connectivity index (χ3v) is 3.08. The van der Waals surface area contributed by atoms with Gasteiger partial charge in [-0.1, -0.05) is 6.42 Å². The molecule has 0 saturated heterocycles. The van der Waals surface area contributed by atoms with Gasteiger partial charge in [-0.25, -0.2) is 9.18 Å². The van der Waals surface area contributed by atoms with Crippen molar-refractivity contribution < 1.29 is 23.8 Å². The van der Waals surface area contributed by atoms with Gasteiger partial charge in [-0.15, -0.1) is 0 Å². The number of ketones is 1. The fraction of sp³-hybridized carbons (Fsp3) is 0.385. The highest BCUT2D eigenvalue weighted by Crippen LogP contribution is 2.28. The van der Waals surface area contributed by atoms with Crippen molar-refractivity contribution in [3.05, 3.63) is 29.6 Å². The van der Waals surface area contributed by atoms with Gasteiger partial charge in [-0.3, -0.25) is 4.79 Å². The molecule has 1 N–H and O–H groups in total. The summed E-state index contributed by atoms with van der Waals surface area (Å²) in [4.78, 5) is 22.0. The Morgan fingerprint density at radius 3 is 2.67 bits per heavy atom. The van der Waals surface area contributed by atoms with Crippen LogP contribution < -0.4 is 4.74 Å². The van der Waals surface area contributed by atoms with E-state index in [0.717, 1.165) is 25.0 Å². The van der Waals surface area contributed by atoms with E-state index in [4.69, 9.17) is 9.84 Å². The minimum absolute atomic E-state index is 0.135. The summed E-state index contributed by atoms with van der Waals surface area (Å²) in [5.74, 6) is -2.85. The lowest BCUT2D eigenvalue weighted by molar-refractivity contribution is -0.131. The van der Waals surface area contributed by atoms with Gasteiger partial charge in [-0.2, -0.15) is 0 Å². The molecule has 1 fully saturated rings. The van der Waals surface area contributed by atoms with E-state index in [0.29, 0.717) is 12.5 Å². The second kappa shape index (κ2) is 5.16. The quantitative estimate of drug-likeness (QED) is 0.645. The molecule has 1 aliphatic rings. The molecule has 1 aromatic rings. The topological polar surface area (TPSA) is 63.6 Å². The van der Waals surface area contributed by atoms with Crippen LogP contribution in [0.3, 0.4) is 0 Å². The molecule has 0 unspecified atom stereocenters. The summed E-state index contributed by atoms with van der Waals surface area (Å²) >= 11 is 0. The lowest BCUT2D eigenvalue weighted by atomic mass is 9.86. The molecule has 5 heteroatoms. The average molecular weight is 252 g/mol. The monoisotopic (exact) mass is 252 g/mol. The van der Waals surface area contributed by atoms with E-state index < -0.39 is 17.6 Å². The summed E-state index contributed by atoms with van der Waals surface area (Å²) in [6.07, 6.45) is 3.31. The zero-order valence-corrected chi connectivity index (χ0v) is 9.69. The Balaban J connectivity index is 2.16. The molecule has 0 aliphatic heterocycles. The van der Waals surface area contributed by atoms with Crippen LogP contribution in [-0.4, -0.2) is 23.5 Å². The van der Waals surface area contributed by atoms with E-state index in [-0.39, 0.29) is 11.3 Å². The molecule has 1 aromatic carbocycles. The number of carbonyl (C=O) groups excluding carboxylic acids is 1.